The van der Waals surface area contributed by atoms with Crippen molar-refractivity contribution in [2.75, 3.05) is 27.1 Å². The first-order valence-corrected chi connectivity index (χ1v) is 15.4. The van der Waals surface area contributed by atoms with Gasteiger partial charge in [-0.3, -0.25) is 4.79 Å². The molecule has 10 nitrogen and oxygen atoms in total. The van der Waals surface area contributed by atoms with Crippen LogP contribution in [0.2, 0.25) is 18.1 Å². The number of esters is 3. The summed E-state index contributed by atoms with van der Waals surface area (Å²) in [6.07, 6.45) is -2.04. The predicted molar refractivity (Wildman–Crippen MR) is 137 cm³/mol. The van der Waals surface area contributed by atoms with E-state index >= 15 is 0 Å². The maximum absolute atomic E-state index is 13.3. The summed E-state index contributed by atoms with van der Waals surface area (Å²) < 4.78 is 27.0. The van der Waals surface area contributed by atoms with E-state index in [1.54, 1.807) is 6.07 Å². The third-order valence-corrected chi connectivity index (χ3v) is 11.6. The van der Waals surface area contributed by atoms with Gasteiger partial charge in [0.1, 0.15) is 17.5 Å². The number of rotatable bonds is 5. The fraction of sp³-hybridized carbons (Fsp3) is 0.583. The smallest absolute Gasteiger partial charge is 0.347 e. The number of carbonyl (C=O) groups excluding carboxylic acids is 4. The molecule has 0 aliphatic carbocycles. The Kier molecular flexibility index (Phi) is 9.83. The molecule has 1 aromatic rings. The highest BCUT2D eigenvalue weighted by Gasteiger charge is 2.40. The molecule has 0 aromatic heterocycles. The first-order chi connectivity index (χ1) is 16.7. The molecule has 12 heteroatoms. The summed E-state index contributed by atoms with van der Waals surface area (Å²) in [7, 11) is 1.48. The summed E-state index contributed by atoms with van der Waals surface area (Å²) in [5.74, 6) is -1.76. The lowest BCUT2D eigenvalue weighted by Crippen LogP contribution is -2.46. The zero-order chi connectivity index (χ0) is 27.3. The van der Waals surface area contributed by atoms with Gasteiger partial charge in [0.05, 0.1) is 33.3 Å². The fourth-order valence-corrected chi connectivity index (χ4v) is 5.21. The normalized spacial score (nSPS) is 19.4. The number of benzene rings is 1. The second-order valence-corrected chi connectivity index (χ2v) is 15.5. The van der Waals surface area contributed by atoms with Crippen LogP contribution in [0.1, 0.15) is 43.1 Å². The summed E-state index contributed by atoms with van der Waals surface area (Å²) in [6.45, 7) is 10.4. The lowest BCUT2D eigenvalue weighted by atomic mass is 10.1. The molecule has 0 saturated heterocycles. The lowest BCUT2D eigenvalue weighted by Gasteiger charge is -2.37. The van der Waals surface area contributed by atoms with E-state index in [1.165, 1.54) is 32.0 Å². The van der Waals surface area contributed by atoms with E-state index in [4.69, 9.17) is 23.4 Å². The second-order valence-electron chi connectivity index (χ2n) is 9.79. The molecular formula is C24H35NO9SSi. The maximum atomic E-state index is 13.3. The first-order valence-electron chi connectivity index (χ1n) is 11.4. The minimum atomic E-state index is -2.34. The van der Waals surface area contributed by atoms with Crippen LogP contribution < -0.4 is 14.5 Å². The molecule has 1 N–H and O–H groups in total. The van der Waals surface area contributed by atoms with Crippen LogP contribution in [0.3, 0.4) is 0 Å². The van der Waals surface area contributed by atoms with Gasteiger partial charge in [0.15, 0.2) is 0 Å². The summed E-state index contributed by atoms with van der Waals surface area (Å²) >= 11 is 1.32. The number of cyclic esters (lactones) is 1. The minimum absolute atomic E-state index is 0.127. The van der Waals surface area contributed by atoms with Crippen molar-refractivity contribution >= 4 is 43.9 Å². The first kappa shape index (κ1) is 29.5. The molecule has 36 heavy (non-hydrogen) atoms. The minimum Gasteiger partial charge on any atom is -0.543 e. The zero-order valence-corrected chi connectivity index (χ0v) is 23.8. The molecule has 0 saturated carbocycles. The van der Waals surface area contributed by atoms with Crippen LogP contribution in [0.15, 0.2) is 12.1 Å². The Balaban J connectivity index is 2.64. The van der Waals surface area contributed by atoms with Gasteiger partial charge in [-0.05, 0) is 24.2 Å². The van der Waals surface area contributed by atoms with Crippen LogP contribution in [0.25, 0.3) is 0 Å². The van der Waals surface area contributed by atoms with Gasteiger partial charge < -0.3 is 28.7 Å². The molecule has 1 aromatic carbocycles. The average Bonchev–Trinajstić information content (AvgIpc) is 2.80. The standard InChI is InChI=1S/C24H35NO9SSi/c1-24(2,3)36(7,8)34-18-10-14(30-4)9-15-16(18)12-35-13-17(22(28)31-5)25-20(26)11-19(23(29)32-6)33-21(15)27/h9-10,17,19H,11-13H2,1-8H3,(H,25,26)/t17-,19-/m0/s1. The molecule has 0 unspecified atom stereocenters. The number of thioether (sulfide) groups is 1. The number of fused-ring (bicyclic) bond motifs is 1. The van der Waals surface area contributed by atoms with Crippen molar-refractivity contribution in [2.24, 2.45) is 0 Å². The quantitative estimate of drug-likeness (QED) is 0.338. The molecular weight excluding hydrogens is 506 g/mol. The lowest BCUT2D eigenvalue weighted by molar-refractivity contribution is -0.153. The van der Waals surface area contributed by atoms with Gasteiger partial charge in [0.25, 0.3) is 0 Å². The largest absolute Gasteiger partial charge is 0.543 e. The van der Waals surface area contributed by atoms with Gasteiger partial charge in [-0.25, -0.2) is 14.4 Å². The molecule has 1 aliphatic heterocycles. The highest BCUT2D eigenvalue weighted by Crippen LogP contribution is 2.41. The Morgan fingerprint density at radius 2 is 1.72 bits per heavy atom. The summed E-state index contributed by atoms with van der Waals surface area (Å²) in [4.78, 5) is 50.5. The highest BCUT2D eigenvalue weighted by atomic mass is 32.2. The van der Waals surface area contributed by atoms with Crippen LogP contribution >= 0.6 is 11.8 Å². The van der Waals surface area contributed by atoms with E-state index in [-0.39, 0.29) is 22.1 Å². The van der Waals surface area contributed by atoms with E-state index in [2.05, 4.69) is 39.2 Å². The Bertz CT molecular complexity index is 1010. The van der Waals surface area contributed by atoms with Crippen molar-refractivity contribution in [3.63, 3.8) is 0 Å². The predicted octanol–water partition coefficient (Wildman–Crippen LogP) is 3.07. The van der Waals surface area contributed by atoms with Gasteiger partial charge in [0.2, 0.25) is 20.3 Å². The second kappa shape index (κ2) is 12.0. The number of carbonyl (C=O) groups is 4. The molecule has 1 amide bonds. The molecule has 200 valence electrons. The number of methoxy groups -OCH3 is 3. The molecule has 0 radical (unpaired) electrons. The van der Waals surface area contributed by atoms with Gasteiger partial charge in [-0.15, -0.1) is 0 Å². The Morgan fingerprint density at radius 1 is 1.08 bits per heavy atom. The summed E-state index contributed by atoms with van der Waals surface area (Å²) in [5.41, 5.74) is 0.676. The fourth-order valence-electron chi connectivity index (χ4n) is 3.10. The Morgan fingerprint density at radius 3 is 2.28 bits per heavy atom. The molecule has 2 atom stereocenters. The van der Waals surface area contributed by atoms with Gasteiger partial charge in [-0.2, -0.15) is 11.8 Å². The van der Waals surface area contributed by atoms with Crippen molar-refractivity contribution in [1.82, 2.24) is 5.32 Å². The topological polar surface area (TPSA) is 126 Å². The van der Waals surface area contributed by atoms with Crippen molar-refractivity contribution in [1.29, 1.82) is 0 Å². The molecule has 1 aliphatic rings. The summed E-state index contributed by atoms with van der Waals surface area (Å²) in [5, 5.41) is 2.42. The van der Waals surface area contributed by atoms with Crippen molar-refractivity contribution < 1.29 is 42.6 Å². The SMILES string of the molecule is COC(=O)[C@@H]1CSCc2c(O[Si](C)(C)C(C)(C)C)cc(OC)cc2C(=O)O[C@H](C(=O)OC)CC(=O)N1. The number of ether oxygens (including phenoxy) is 4. The monoisotopic (exact) mass is 541 g/mol. The number of hydrogen-bond acceptors (Lipinski definition) is 10. The number of amides is 1. The third kappa shape index (κ3) is 7.16. The average molecular weight is 542 g/mol. The van der Waals surface area contributed by atoms with Crippen LogP contribution in [-0.2, 0) is 34.3 Å². The molecule has 0 fully saturated rings. The van der Waals surface area contributed by atoms with E-state index in [0.29, 0.717) is 17.1 Å². The van der Waals surface area contributed by atoms with E-state index < -0.39 is 50.7 Å². The van der Waals surface area contributed by atoms with Gasteiger partial charge in [-0.1, -0.05) is 20.8 Å². The highest BCUT2D eigenvalue weighted by molar-refractivity contribution is 7.98. The third-order valence-electron chi connectivity index (χ3n) is 6.25. The Labute approximate surface area is 216 Å². The van der Waals surface area contributed by atoms with Crippen molar-refractivity contribution in [3.05, 3.63) is 23.3 Å². The van der Waals surface area contributed by atoms with E-state index in [9.17, 15) is 19.2 Å². The zero-order valence-electron chi connectivity index (χ0n) is 22.0. The molecule has 2 rings (SSSR count). The number of hydrogen-bond donors (Lipinski definition) is 1. The van der Waals surface area contributed by atoms with Gasteiger partial charge >= 0.3 is 17.9 Å². The van der Waals surface area contributed by atoms with Crippen LogP contribution in [0.5, 0.6) is 11.5 Å². The van der Waals surface area contributed by atoms with Crippen molar-refractivity contribution in [3.8, 4) is 11.5 Å². The van der Waals surface area contributed by atoms with E-state index in [0.717, 1.165) is 7.11 Å². The van der Waals surface area contributed by atoms with E-state index in [1.807, 2.05) is 0 Å². The Hall–Kier alpha value is -2.73. The van der Waals surface area contributed by atoms with Crippen molar-refractivity contribution in [2.45, 2.75) is 63.2 Å². The van der Waals surface area contributed by atoms with Crippen LogP contribution in [0.4, 0.5) is 0 Å². The molecule has 1 heterocycles. The van der Waals surface area contributed by atoms with Crippen LogP contribution in [0, 0.1) is 0 Å². The molecule has 0 spiro atoms. The van der Waals surface area contributed by atoms with Crippen LogP contribution in [-0.4, -0.2) is 71.4 Å². The molecule has 0 bridgehead atoms. The number of nitrogens with one attached hydrogen (secondary N) is 1. The maximum Gasteiger partial charge on any atom is 0.347 e. The van der Waals surface area contributed by atoms with Gasteiger partial charge in [0, 0.05) is 23.1 Å². The summed E-state index contributed by atoms with van der Waals surface area (Å²) in [6, 6.07) is 2.26.